The van der Waals surface area contributed by atoms with E-state index in [1.165, 1.54) is 5.56 Å². The van der Waals surface area contributed by atoms with Crippen molar-refractivity contribution < 1.29 is 0 Å². The van der Waals surface area contributed by atoms with Gasteiger partial charge in [0.25, 0.3) is 0 Å². The highest BCUT2D eigenvalue weighted by atomic mass is 15.4. The highest BCUT2D eigenvalue weighted by molar-refractivity contribution is 5.52. The maximum atomic E-state index is 4.43. The number of nitrogens with zero attached hydrogens (tertiary/aromatic N) is 4. The SMILES string of the molecule is CC(C)c1ccc(-c2cn(C(C)C)nn2)nc1. The summed E-state index contributed by atoms with van der Waals surface area (Å²) in [5, 5.41) is 8.21. The average molecular weight is 230 g/mol. The molecule has 2 heterocycles. The zero-order chi connectivity index (χ0) is 12.4. The molecule has 0 saturated heterocycles. The fourth-order valence-electron chi connectivity index (χ4n) is 1.54. The first kappa shape index (κ1) is 11.8. The van der Waals surface area contributed by atoms with Crippen LogP contribution in [0.15, 0.2) is 24.5 Å². The number of hydrogen-bond donors (Lipinski definition) is 0. The molecule has 0 amide bonds. The van der Waals surface area contributed by atoms with Gasteiger partial charge < -0.3 is 0 Å². The van der Waals surface area contributed by atoms with Crippen LogP contribution in [0.3, 0.4) is 0 Å². The van der Waals surface area contributed by atoms with Crippen molar-refractivity contribution in [2.24, 2.45) is 0 Å². The Bertz CT molecular complexity index is 482. The van der Waals surface area contributed by atoms with Gasteiger partial charge in [-0.2, -0.15) is 0 Å². The van der Waals surface area contributed by atoms with Crippen LogP contribution in [-0.4, -0.2) is 20.0 Å². The molecule has 0 aliphatic heterocycles. The second kappa shape index (κ2) is 4.65. The van der Waals surface area contributed by atoms with Gasteiger partial charge in [0, 0.05) is 12.2 Å². The first-order valence-corrected chi connectivity index (χ1v) is 5.96. The second-order valence-corrected chi connectivity index (χ2v) is 4.81. The summed E-state index contributed by atoms with van der Waals surface area (Å²) in [4.78, 5) is 4.43. The molecule has 17 heavy (non-hydrogen) atoms. The number of rotatable bonds is 3. The summed E-state index contributed by atoms with van der Waals surface area (Å²) < 4.78 is 1.84. The van der Waals surface area contributed by atoms with E-state index in [1.807, 2.05) is 23.1 Å². The van der Waals surface area contributed by atoms with Gasteiger partial charge in [-0.05, 0) is 31.4 Å². The normalized spacial score (nSPS) is 11.4. The zero-order valence-electron chi connectivity index (χ0n) is 10.8. The van der Waals surface area contributed by atoms with E-state index < -0.39 is 0 Å². The molecule has 0 N–H and O–H groups in total. The third kappa shape index (κ3) is 2.52. The fourth-order valence-corrected chi connectivity index (χ4v) is 1.54. The molecule has 0 spiro atoms. The Morgan fingerprint density at radius 1 is 1.06 bits per heavy atom. The molecular formula is C13H18N4. The van der Waals surface area contributed by atoms with Gasteiger partial charge in [0.05, 0.1) is 11.9 Å². The van der Waals surface area contributed by atoms with Crippen molar-refractivity contribution >= 4 is 0 Å². The summed E-state index contributed by atoms with van der Waals surface area (Å²) >= 11 is 0. The van der Waals surface area contributed by atoms with Gasteiger partial charge in [-0.1, -0.05) is 25.1 Å². The predicted octanol–water partition coefficient (Wildman–Crippen LogP) is 3.04. The van der Waals surface area contributed by atoms with E-state index in [9.17, 15) is 0 Å². The molecule has 0 aliphatic carbocycles. The minimum Gasteiger partial charge on any atom is -0.254 e. The summed E-state index contributed by atoms with van der Waals surface area (Å²) in [5.74, 6) is 0.503. The third-order valence-corrected chi connectivity index (χ3v) is 2.75. The lowest BCUT2D eigenvalue weighted by atomic mass is 10.1. The topological polar surface area (TPSA) is 43.6 Å². The van der Waals surface area contributed by atoms with Crippen LogP contribution in [0.5, 0.6) is 0 Å². The van der Waals surface area contributed by atoms with Gasteiger partial charge in [0.15, 0.2) is 0 Å². The highest BCUT2D eigenvalue weighted by Crippen LogP contribution is 2.18. The maximum absolute atomic E-state index is 4.43. The van der Waals surface area contributed by atoms with Crippen LogP contribution in [0.4, 0.5) is 0 Å². The smallest absolute Gasteiger partial charge is 0.131 e. The summed E-state index contributed by atoms with van der Waals surface area (Å²) in [7, 11) is 0. The zero-order valence-corrected chi connectivity index (χ0v) is 10.8. The molecule has 0 saturated carbocycles. The lowest BCUT2D eigenvalue weighted by molar-refractivity contribution is 0.514. The van der Waals surface area contributed by atoms with Crippen LogP contribution in [0.2, 0.25) is 0 Å². The van der Waals surface area contributed by atoms with E-state index in [0.717, 1.165) is 11.4 Å². The van der Waals surface area contributed by atoms with Crippen molar-refractivity contribution in [1.82, 2.24) is 20.0 Å². The van der Waals surface area contributed by atoms with Crippen molar-refractivity contribution in [2.75, 3.05) is 0 Å². The van der Waals surface area contributed by atoms with Crippen LogP contribution in [0.25, 0.3) is 11.4 Å². The number of aromatic nitrogens is 4. The van der Waals surface area contributed by atoms with Gasteiger partial charge in [0.2, 0.25) is 0 Å². The Balaban J connectivity index is 2.27. The van der Waals surface area contributed by atoms with Crippen LogP contribution in [-0.2, 0) is 0 Å². The summed E-state index contributed by atoms with van der Waals surface area (Å²) in [6.07, 6.45) is 3.84. The minimum atomic E-state index is 0.325. The first-order valence-electron chi connectivity index (χ1n) is 5.96. The molecule has 0 aromatic carbocycles. The average Bonchev–Trinajstić information content (AvgIpc) is 2.78. The van der Waals surface area contributed by atoms with Crippen LogP contribution in [0, 0.1) is 0 Å². The lowest BCUT2D eigenvalue weighted by Gasteiger charge is -2.04. The minimum absolute atomic E-state index is 0.325. The van der Waals surface area contributed by atoms with Gasteiger partial charge in [-0.3, -0.25) is 4.98 Å². The molecule has 0 aliphatic rings. The molecule has 2 aromatic rings. The largest absolute Gasteiger partial charge is 0.254 e. The molecule has 2 aromatic heterocycles. The van der Waals surface area contributed by atoms with Gasteiger partial charge in [-0.15, -0.1) is 5.10 Å². The van der Waals surface area contributed by atoms with E-state index >= 15 is 0 Å². The molecule has 0 fully saturated rings. The number of pyridine rings is 1. The number of hydrogen-bond acceptors (Lipinski definition) is 3. The van der Waals surface area contributed by atoms with Crippen LogP contribution in [0.1, 0.15) is 45.2 Å². The van der Waals surface area contributed by atoms with Crippen molar-refractivity contribution in [3.8, 4) is 11.4 Å². The van der Waals surface area contributed by atoms with Gasteiger partial charge in [0.1, 0.15) is 5.69 Å². The summed E-state index contributed by atoms with van der Waals surface area (Å²) in [5.41, 5.74) is 2.94. The van der Waals surface area contributed by atoms with E-state index in [0.29, 0.717) is 12.0 Å². The molecule has 4 heteroatoms. The molecule has 4 nitrogen and oxygen atoms in total. The third-order valence-electron chi connectivity index (χ3n) is 2.75. The van der Waals surface area contributed by atoms with Crippen LogP contribution >= 0.6 is 0 Å². The maximum Gasteiger partial charge on any atom is 0.131 e. The lowest BCUT2D eigenvalue weighted by Crippen LogP contribution is -2.00. The monoisotopic (exact) mass is 230 g/mol. The van der Waals surface area contributed by atoms with E-state index in [1.54, 1.807) is 0 Å². The van der Waals surface area contributed by atoms with Crippen LogP contribution < -0.4 is 0 Å². The van der Waals surface area contributed by atoms with E-state index in [-0.39, 0.29) is 0 Å². The molecule has 0 unspecified atom stereocenters. The Kier molecular flexibility index (Phi) is 3.22. The molecule has 2 rings (SSSR count). The summed E-state index contributed by atoms with van der Waals surface area (Å²) in [6, 6.07) is 4.43. The molecule has 0 atom stereocenters. The molecular weight excluding hydrogens is 212 g/mol. The molecule has 90 valence electrons. The first-order chi connectivity index (χ1) is 8.08. The highest BCUT2D eigenvalue weighted by Gasteiger charge is 2.07. The Morgan fingerprint density at radius 3 is 2.29 bits per heavy atom. The molecule has 0 bridgehead atoms. The predicted molar refractivity (Wildman–Crippen MR) is 67.7 cm³/mol. The van der Waals surface area contributed by atoms with Crippen molar-refractivity contribution in [3.05, 3.63) is 30.1 Å². The fraction of sp³-hybridized carbons (Fsp3) is 0.462. The standard InChI is InChI=1S/C13H18N4/c1-9(2)11-5-6-12(14-7-11)13-8-17(10(3)4)16-15-13/h5-10H,1-4H3. The Hall–Kier alpha value is -1.71. The van der Waals surface area contributed by atoms with Gasteiger partial charge >= 0.3 is 0 Å². The van der Waals surface area contributed by atoms with Crippen molar-refractivity contribution in [1.29, 1.82) is 0 Å². The quantitative estimate of drug-likeness (QED) is 0.814. The van der Waals surface area contributed by atoms with Crippen molar-refractivity contribution in [2.45, 2.75) is 39.7 Å². The van der Waals surface area contributed by atoms with Crippen molar-refractivity contribution in [3.63, 3.8) is 0 Å². The van der Waals surface area contributed by atoms with Gasteiger partial charge in [-0.25, -0.2) is 4.68 Å². The Morgan fingerprint density at radius 2 is 1.82 bits per heavy atom. The summed E-state index contributed by atoms with van der Waals surface area (Å²) in [6.45, 7) is 8.47. The second-order valence-electron chi connectivity index (χ2n) is 4.81. The Labute approximate surface area is 102 Å². The van der Waals surface area contributed by atoms with E-state index in [2.05, 4.69) is 49.1 Å². The molecule has 0 radical (unpaired) electrons. The van der Waals surface area contributed by atoms with E-state index in [4.69, 9.17) is 0 Å².